The van der Waals surface area contributed by atoms with Crippen molar-refractivity contribution in [1.82, 2.24) is 4.98 Å². The van der Waals surface area contributed by atoms with Crippen LogP contribution in [0, 0.1) is 13.8 Å². The highest BCUT2D eigenvalue weighted by Crippen LogP contribution is 2.29. The van der Waals surface area contributed by atoms with E-state index >= 15 is 0 Å². The first-order valence-electron chi connectivity index (χ1n) is 9.22. The topological polar surface area (TPSA) is 71.1 Å². The second-order valence-electron chi connectivity index (χ2n) is 7.09. The third kappa shape index (κ3) is 3.97. The van der Waals surface area contributed by atoms with Gasteiger partial charge in [0.25, 0.3) is 0 Å². The number of anilines is 2. The molecule has 1 aromatic heterocycles. The molecule has 0 bridgehead atoms. The number of nitrogens with zero attached hydrogens (tertiary/aromatic N) is 1. The van der Waals surface area contributed by atoms with Crippen LogP contribution in [0.15, 0.2) is 41.8 Å². The van der Waals surface area contributed by atoms with Gasteiger partial charge in [0.15, 0.2) is 0 Å². The van der Waals surface area contributed by atoms with Crippen LogP contribution in [0.5, 0.6) is 0 Å². The number of hydrogen-bond donors (Lipinski definition) is 2. The minimum absolute atomic E-state index is 0.0611. The van der Waals surface area contributed by atoms with Gasteiger partial charge in [-0.15, -0.1) is 11.3 Å². The summed E-state index contributed by atoms with van der Waals surface area (Å²) in [6, 6.07) is 11.9. The largest absolute Gasteiger partial charge is 0.326 e. The Morgan fingerprint density at radius 1 is 1.18 bits per heavy atom. The van der Waals surface area contributed by atoms with Crippen molar-refractivity contribution in [2.24, 2.45) is 0 Å². The molecule has 28 heavy (non-hydrogen) atoms. The second kappa shape index (κ2) is 7.56. The van der Waals surface area contributed by atoms with Gasteiger partial charge in [0.05, 0.1) is 12.1 Å². The van der Waals surface area contributed by atoms with E-state index in [0.717, 1.165) is 45.2 Å². The van der Waals surface area contributed by atoms with Gasteiger partial charge in [-0.25, -0.2) is 4.98 Å². The first kappa shape index (κ1) is 18.4. The average molecular weight is 391 g/mol. The van der Waals surface area contributed by atoms with Crippen molar-refractivity contribution in [3.63, 3.8) is 0 Å². The van der Waals surface area contributed by atoms with E-state index < -0.39 is 0 Å². The zero-order chi connectivity index (χ0) is 19.7. The molecule has 6 heteroatoms. The quantitative estimate of drug-likeness (QED) is 0.688. The van der Waals surface area contributed by atoms with E-state index in [2.05, 4.69) is 27.8 Å². The van der Waals surface area contributed by atoms with Crippen molar-refractivity contribution >= 4 is 34.5 Å². The molecule has 3 aromatic rings. The fourth-order valence-corrected chi connectivity index (χ4v) is 4.15. The fourth-order valence-electron chi connectivity index (χ4n) is 3.35. The lowest BCUT2D eigenvalue weighted by Gasteiger charge is -2.17. The van der Waals surface area contributed by atoms with Crippen LogP contribution in [-0.2, 0) is 22.4 Å². The fraction of sp³-hybridized carbons (Fsp3) is 0.227. The van der Waals surface area contributed by atoms with Crippen molar-refractivity contribution in [3.05, 3.63) is 63.5 Å². The molecule has 0 atom stereocenters. The van der Waals surface area contributed by atoms with Crippen LogP contribution >= 0.6 is 11.3 Å². The lowest BCUT2D eigenvalue weighted by molar-refractivity contribution is -0.116. The summed E-state index contributed by atoms with van der Waals surface area (Å²) in [5.41, 5.74) is 6.93. The highest BCUT2D eigenvalue weighted by atomic mass is 32.1. The number of hydrogen-bond acceptors (Lipinski definition) is 4. The average Bonchev–Trinajstić information content (AvgIpc) is 3.12. The van der Waals surface area contributed by atoms with Crippen LogP contribution in [0.2, 0.25) is 0 Å². The van der Waals surface area contributed by atoms with Gasteiger partial charge in [-0.05, 0) is 49.6 Å². The van der Waals surface area contributed by atoms with Crippen LogP contribution < -0.4 is 10.6 Å². The number of rotatable bonds is 4. The third-order valence-electron chi connectivity index (χ3n) is 4.82. The number of benzene rings is 2. The summed E-state index contributed by atoms with van der Waals surface area (Å²) in [6.07, 6.45) is 1.50. The molecule has 142 valence electrons. The predicted octanol–water partition coefficient (Wildman–Crippen LogP) is 4.49. The molecule has 1 aliphatic heterocycles. The van der Waals surface area contributed by atoms with Gasteiger partial charge in [-0.2, -0.15) is 0 Å². The maximum Gasteiger partial charge on any atom is 0.231 e. The summed E-state index contributed by atoms with van der Waals surface area (Å²) in [4.78, 5) is 28.5. The Balaban J connectivity index is 1.46. The smallest absolute Gasteiger partial charge is 0.231 e. The summed E-state index contributed by atoms with van der Waals surface area (Å²) in [7, 11) is 0. The van der Waals surface area contributed by atoms with Gasteiger partial charge < -0.3 is 10.6 Å². The molecular weight excluding hydrogens is 370 g/mol. The van der Waals surface area contributed by atoms with Crippen LogP contribution in [0.3, 0.4) is 0 Å². The van der Waals surface area contributed by atoms with Crippen molar-refractivity contribution in [2.75, 3.05) is 10.6 Å². The zero-order valence-electron chi connectivity index (χ0n) is 15.8. The van der Waals surface area contributed by atoms with E-state index in [1.807, 2.05) is 43.5 Å². The summed E-state index contributed by atoms with van der Waals surface area (Å²) in [5, 5.41) is 8.61. The van der Waals surface area contributed by atoms with E-state index in [9.17, 15) is 9.59 Å². The Bertz CT molecular complexity index is 1070. The maximum absolute atomic E-state index is 12.4. The lowest BCUT2D eigenvalue weighted by atomic mass is 9.99. The van der Waals surface area contributed by atoms with Crippen LogP contribution in [0.1, 0.15) is 28.1 Å². The molecule has 2 aromatic carbocycles. The number of fused-ring (bicyclic) bond motifs is 1. The van der Waals surface area contributed by atoms with Gasteiger partial charge in [0.1, 0.15) is 5.01 Å². The Morgan fingerprint density at radius 3 is 2.86 bits per heavy atom. The Labute approximate surface area is 167 Å². The van der Waals surface area contributed by atoms with Gasteiger partial charge in [0, 0.05) is 28.7 Å². The monoisotopic (exact) mass is 391 g/mol. The molecule has 0 spiro atoms. The van der Waals surface area contributed by atoms with E-state index in [-0.39, 0.29) is 18.2 Å². The third-order valence-corrected chi connectivity index (χ3v) is 5.66. The number of carbonyl (C=O) groups is 2. The molecule has 5 nitrogen and oxygen atoms in total. The molecule has 4 rings (SSSR count). The number of thiazole rings is 1. The van der Waals surface area contributed by atoms with E-state index in [0.29, 0.717) is 6.42 Å². The molecule has 0 unspecified atom stereocenters. The lowest BCUT2D eigenvalue weighted by Crippen LogP contribution is -2.18. The molecule has 0 fully saturated rings. The van der Waals surface area contributed by atoms with Crippen molar-refractivity contribution in [3.8, 4) is 11.3 Å². The highest BCUT2D eigenvalue weighted by Gasteiger charge is 2.16. The van der Waals surface area contributed by atoms with Crippen LogP contribution in [-0.4, -0.2) is 16.8 Å². The summed E-state index contributed by atoms with van der Waals surface area (Å²) < 4.78 is 0. The van der Waals surface area contributed by atoms with Crippen LogP contribution in [0.4, 0.5) is 11.4 Å². The number of aromatic nitrogens is 1. The predicted molar refractivity (Wildman–Crippen MR) is 113 cm³/mol. The molecule has 0 saturated carbocycles. The molecule has 0 aliphatic carbocycles. The summed E-state index contributed by atoms with van der Waals surface area (Å²) >= 11 is 1.49. The molecule has 0 saturated heterocycles. The normalized spacial score (nSPS) is 13.0. The van der Waals surface area contributed by atoms with Crippen molar-refractivity contribution in [2.45, 2.75) is 33.1 Å². The first-order chi connectivity index (χ1) is 13.5. The van der Waals surface area contributed by atoms with Gasteiger partial charge in [-0.3, -0.25) is 9.59 Å². The van der Waals surface area contributed by atoms with Crippen molar-refractivity contribution in [1.29, 1.82) is 0 Å². The summed E-state index contributed by atoms with van der Waals surface area (Å²) in [5.74, 6) is -0.00738. The standard InChI is InChI=1S/C22H21N3O2S/c1-13-3-6-17(14(2)9-13)23-21(27)11-22-25-19(12-28-22)16-4-7-18-15(10-16)5-8-20(26)24-18/h3-4,6-7,9-10,12H,5,8,11H2,1-2H3,(H,23,27)(H,24,26). The Kier molecular flexibility index (Phi) is 4.96. The van der Waals surface area contributed by atoms with Gasteiger partial charge in [-0.1, -0.05) is 23.8 Å². The van der Waals surface area contributed by atoms with Gasteiger partial charge in [0.2, 0.25) is 11.8 Å². The molecule has 0 radical (unpaired) electrons. The molecule has 2 N–H and O–H groups in total. The number of carbonyl (C=O) groups excluding carboxylic acids is 2. The van der Waals surface area contributed by atoms with Crippen molar-refractivity contribution < 1.29 is 9.59 Å². The molecule has 2 amide bonds. The second-order valence-corrected chi connectivity index (χ2v) is 8.03. The number of nitrogens with one attached hydrogen (secondary N) is 2. The maximum atomic E-state index is 12.4. The summed E-state index contributed by atoms with van der Waals surface area (Å²) in [6.45, 7) is 4.02. The van der Waals surface area contributed by atoms with Crippen LogP contribution in [0.25, 0.3) is 11.3 Å². The number of aryl methyl sites for hydroxylation is 3. The molecule has 1 aliphatic rings. The Hall–Kier alpha value is -2.99. The zero-order valence-corrected chi connectivity index (χ0v) is 16.7. The molecule has 2 heterocycles. The first-order valence-corrected chi connectivity index (χ1v) is 10.1. The van der Waals surface area contributed by atoms with E-state index in [1.165, 1.54) is 16.9 Å². The van der Waals surface area contributed by atoms with Gasteiger partial charge >= 0.3 is 0 Å². The minimum atomic E-state index is -0.0685. The highest BCUT2D eigenvalue weighted by molar-refractivity contribution is 7.10. The molecular formula is C22H21N3O2S. The SMILES string of the molecule is Cc1ccc(NC(=O)Cc2nc(-c3ccc4c(c3)CCC(=O)N4)cs2)c(C)c1. The minimum Gasteiger partial charge on any atom is -0.326 e. The van der Waals surface area contributed by atoms with E-state index in [4.69, 9.17) is 0 Å². The Morgan fingerprint density at radius 2 is 2.04 bits per heavy atom. The van der Waals surface area contributed by atoms with E-state index in [1.54, 1.807) is 0 Å². The number of amides is 2.